The Kier molecular flexibility index (Phi) is 5.07. The Morgan fingerprint density at radius 2 is 1.96 bits per heavy atom. The SMILES string of the molecule is CC(Cc1ccccc1F)C(=O)N1CCC(C(=O)O)(C(C)C)C1. The van der Waals surface area contributed by atoms with Gasteiger partial charge in [-0.25, -0.2) is 4.39 Å². The molecule has 5 heteroatoms. The summed E-state index contributed by atoms with van der Waals surface area (Å²) in [7, 11) is 0. The molecule has 0 aliphatic carbocycles. The van der Waals surface area contributed by atoms with Gasteiger partial charge in [-0.1, -0.05) is 39.0 Å². The first kappa shape index (κ1) is 17.4. The highest BCUT2D eigenvalue weighted by Crippen LogP contribution is 2.38. The standard InChI is InChI=1S/C18H24FNO3/c1-12(2)18(17(22)23)8-9-20(11-18)16(21)13(3)10-14-6-4-5-7-15(14)19/h4-7,12-13H,8-11H2,1-3H3,(H,22,23). The zero-order valence-electron chi connectivity index (χ0n) is 13.9. The van der Waals surface area contributed by atoms with Gasteiger partial charge in [0.05, 0.1) is 5.41 Å². The minimum atomic E-state index is -0.868. The molecule has 1 aliphatic heterocycles. The molecule has 1 aromatic rings. The third-order valence-electron chi connectivity index (χ3n) is 5.05. The van der Waals surface area contributed by atoms with Crippen LogP contribution in [0.4, 0.5) is 4.39 Å². The number of carboxylic acid groups (broad SMARTS) is 1. The number of rotatable bonds is 5. The monoisotopic (exact) mass is 321 g/mol. The fourth-order valence-electron chi connectivity index (χ4n) is 3.31. The normalized spacial score (nSPS) is 22.4. The van der Waals surface area contributed by atoms with E-state index in [1.54, 1.807) is 30.0 Å². The fraction of sp³-hybridized carbons (Fsp3) is 0.556. The van der Waals surface area contributed by atoms with Gasteiger partial charge < -0.3 is 10.0 Å². The summed E-state index contributed by atoms with van der Waals surface area (Å²) >= 11 is 0. The van der Waals surface area contributed by atoms with Gasteiger partial charge in [0.1, 0.15) is 5.82 Å². The molecule has 2 rings (SSSR count). The molecule has 1 saturated heterocycles. The first-order chi connectivity index (χ1) is 10.8. The maximum Gasteiger partial charge on any atom is 0.311 e. The Balaban J connectivity index is 2.07. The molecule has 4 nitrogen and oxygen atoms in total. The molecule has 0 radical (unpaired) electrons. The topological polar surface area (TPSA) is 57.6 Å². The van der Waals surface area contributed by atoms with E-state index in [1.165, 1.54) is 6.07 Å². The summed E-state index contributed by atoms with van der Waals surface area (Å²) in [4.78, 5) is 25.9. The first-order valence-corrected chi connectivity index (χ1v) is 8.03. The molecular formula is C18H24FNO3. The molecule has 1 aliphatic rings. The van der Waals surface area contributed by atoms with Gasteiger partial charge in [-0.3, -0.25) is 9.59 Å². The Morgan fingerprint density at radius 3 is 2.48 bits per heavy atom. The van der Waals surface area contributed by atoms with Gasteiger partial charge in [-0.2, -0.15) is 0 Å². The van der Waals surface area contributed by atoms with Crippen molar-refractivity contribution < 1.29 is 19.1 Å². The second kappa shape index (κ2) is 6.69. The Hall–Kier alpha value is -1.91. The van der Waals surface area contributed by atoms with Crippen LogP contribution in [-0.2, 0) is 16.0 Å². The van der Waals surface area contributed by atoms with Crippen molar-refractivity contribution in [3.63, 3.8) is 0 Å². The molecule has 0 aromatic heterocycles. The van der Waals surface area contributed by atoms with E-state index >= 15 is 0 Å². The smallest absolute Gasteiger partial charge is 0.311 e. The van der Waals surface area contributed by atoms with Crippen LogP contribution in [-0.4, -0.2) is 35.0 Å². The van der Waals surface area contributed by atoms with Crippen molar-refractivity contribution in [3.8, 4) is 0 Å². The lowest BCUT2D eigenvalue weighted by Gasteiger charge is -2.29. The third-order valence-corrected chi connectivity index (χ3v) is 5.05. The van der Waals surface area contributed by atoms with E-state index in [9.17, 15) is 19.1 Å². The van der Waals surface area contributed by atoms with Crippen molar-refractivity contribution in [3.05, 3.63) is 35.6 Å². The number of likely N-dealkylation sites (tertiary alicyclic amines) is 1. The number of carbonyl (C=O) groups is 2. The quantitative estimate of drug-likeness (QED) is 0.907. The minimum Gasteiger partial charge on any atom is -0.481 e. The van der Waals surface area contributed by atoms with Crippen molar-refractivity contribution >= 4 is 11.9 Å². The Labute approximate surface area is 136 Å². The number of carboxylic acids is 1. The summed E-state index contributed by atoms with van der Waals surface area (Å²) in [6, 6.07) is 6.44. The summed E-state index contributed by atoms with van der Waals surface area (Å²) in [6.45, 7) is 6.21. The highest BCUT2D eigenvalue weighted by molar-refractivity contribution is 5.82. The molecular weight excluding hydrogens is 297 g/mol. The van der Waals surface area contributed by atoms with Crippen LogP contribution in [0, 0.1) is 23.1 Å². The van der Waals surface area contributed by atoms with Crippen LogP contribution in [0.25, 0.3) is 0 Å². The van der Waals surface area contributed by atoms with Crippen LogP contribution in [0.2, 0.25) is 0 Å². The Bertz CT molecular complexity index is 602. The molecule has 1 amide bonds. The molecule has 1 fully saturated rings. The van der Waals surface area contributed by atoms with E-state index in [0.29, 0.717) is 24.9 Å². The molecule has 126 valence electrons. The van der Waals surface area contributed by atoms with E-state index in [2.05, 4.69) is 0 Å². The predicted octanol–water partition coefficient (Wildman–Crippen LogP) is 2.96. The second-order valence-corrected chi connectivity index (χ2v) is 6.82. The summed E-state index contributed by atoms with van der Waals surface area (Å²) in [5, 5.41) is 9.56. The summed E-state index contributed by atoms with van der Waals surface area (Å²) in [6.07, 6.45) is 0.794. The first-order valence-electron chi connectivity index (χ1n) is 8.03. The molecule has 0 spiro atoms. The second-order valence-electron chi connectivity index (χ2n) is 6.82. The summed E-state index contributed by atoms with van der Waals surface area (Å²) < 4.78 is 13.7. The zero-order valence-corrected chi connectivity index (χ0v) is 13.9. The van der Waals surface area contributed by atoms with Crippen molar-refractivity contribution in [2.45, 2.75) is 33.6 Å². The van der Waals surface area contributed by atoms with Crippen LogP contribution in [0.1, 0.15) is 32.8 Å². The van der Waals surface area contributed by atoms with Crippen molar-refractivity contribution in [2.75, 3.05) is 13.1 Å². The van der Waals surface area contributed by atoms with Gasteiger partial charge in [0.25, 0.3) is 0 Å². The number of carbonyl (C=O) groups excluding carboxylic acids is 1. The van der Waals surface area contributed by atoms with Crippen molar-refractivity contribution in [1.29, 1.82) is 0 Å². The molecule has 2 atom stereocenters. The van der Waals surface area contributed by atoms with E-state index < -0.39 is 11.4 Å². The average Bonchev–Trinajstić information content (AvgIpc) is 2.95. The Morgan fingerprint density at radius 1 is 1.30 bits per heavy atom. The zero-order chi connectivity index (χ0) is 17.2. The van der Waals surface area contributed by atoms with Crippen molar-refractivity contribution in [2.24, 2.45) is 17.3 Å². The molecule has 23 heavy (non-hydrogen) atoms. The molecule has 1 N–H and O–H groups in total. The van der Waals surface area contributed by atoms with Gasteiger partial charge in [0.2, 0.25) is 5.91 Å². The van der Waals surface area contributed by atoms with Gasteiger partial charge in [0, 0.05) is 19.0 Å². The highest BCUT2D eigenvalue weighted by atomic mass is 19.1. The number of hydrogen-bond acceptors (Lipinski definition) is 2. The van der Waals surface area contributed by atoms with Crippen LogP contribution in [0.5, 0.6) is 0 Å². The van der Waals surface area contributed by atoms with Crippen molar-refractivity contribution in [1.82, 2.24) is 4.90 Å². The van der Waals surface area contributed by atoms with Crippen LogP contribution < -0.4 is 0 Å². The van der Waals surface area contributed by atoms with Gasteiger partial charge >= 0.3 is 5.97 Å². The fourth-order valence-corrected chi connectivity index (χ4v) is 3.31. The van der Waals surface area contributed by atoms with Gasteiger partial charge in [-0.15, -0.1) is 0 Å². The van der Waals surface area contributed by atoms with E-state index in [0.717, 1.165) is 0 Å². The highest BCUT2D eigenvalue weighted by Gasteiger charge is 2.48. The number of aliphatic carboxylic acids is 1. The van der Waals surface area contributed by atoms with Crippen LogP contribution in [0.3, 0.4) is 0 Å². The molecule has 2 unspecified atom stereocenters. The molecule has 0 saturated carbocycles. The average molecular weight is 321 g/mol. The van der Waals surface area contributed by atoms with E-state index in [-0.39, 0.29) is 30.1 Å². The minimum absolute atomic E-state index is 0.0420. The maximum atomic E-state index is 13.7. The molecule has 0 bridgehead atoms. The van der Waals surface area contributed by atoms with Crippen LogP contribution in [0.15, 0.2) is 24.3 Å². The number of amides is 1. The largest absolute Gasteiger partial charge is 0.481 e. The maximum absolute atomic E-state index is 13.7. The number of benzene rings is 1. The lowest BCUT2D eigenvalue weighted by molar-refractivity contribution is -0.151. The molecule has 1 aromatic carbocycles. The van der Waals surface area contributed by atoms with E-state index in [1.807, 2.05) is 13.8 Å². The lowest BCUT2D eigenvalue weighted by Crippen LogP contribution is -2.42. The number of hydrogen-bond donors (Lipinski definition) is 1. The van der Waals surface area contributed by atoms with Gasteiger partial charge in [0.15, 0.2) is 0 Å². The van der Waals surface area contributed by atoms with Crippen LogP contribution >= 0.6 is 0 Å². The number of nitrogens with zero attached hydrogens (tertiary/aromatic N) is 1. The number of halogens is 1. The summed E-state index contributed by atoms with van der Waals surface area (Å²) in [5.41, 5.74) is -0.353. The van der Waals surface area contributed by atoms with E-state index in [4.69, 9.17) is 0 Å². The third kappa shape index (κ3) is 3.38. The van der Waals surface area contributed by atoms with Gasteiger partial charge in [-0.05, 0) is 30.4 Å². The predicted molar refractivity (Wildman–Crippen MR) is 85.4 cm³/mol. The molecule has 1 heterocycles. The lowest BCUT2D eigenvalue weighted by atomic mass is 9.76. The summed E-state index contributed by atoms with van der Waals surface area (Å²) in [5.74, 6) is -1.67.